The minimum absolute atomic E-state index is 0.0654. The van der Waals surface area contributed by atoms with Gasteiger partial charge in [0.15, 0.2) is 15.7 Å². The van der Waals surface area contributed by atoms with Crippen LogP contribution in [0, 0.1) is 6.92 Å². The van der Waals surface area contributed by atoms with Gasteiger partial charge in [-0.25, -0.2) is 23.2 Å². The molecule has 2 aromatic rings. The SMILES string of the molecule is Cc1ccnc(-c2ccc(NC(=O)N(CCO)[C@H]3CCS(=O)(=O)C3)cc2)n1. The van der Waals surface area contributed by atoms with Gasteiger partial charge in [-0.3, -0.25) is 0 Å². The molecular weight excluding hydrogens is 368 g/mol. The minimum Gasteiger partial charge on any atom is -0.395 e. The summed E-state index contributed by atoms with van der Waals surface area (Å²) in [6, 6.07) is 8.06. The Morgan fingerprint density at radius 2 is 2.04 bits per heavy atom. The maximum atomic E-state index is 12.6. The van der Waals surface area contributed by atoms with Crippen molar-refractivity contribution in [1.29, 1.82) is 0 Å². The maximum absolute atomic E-state index is 12.6. The van der Waals surface area contributed by atoms with Gasteiger partial charge in [0.1, 0.15) is 0 Å². The third-order valence-electron chi connectivity index (χ3n) is 4.44. The van der Waals surface area contributed by atoms with Gasteiger partial charge < -0.3 is 15.3 Å². The fraction of sp³-hybridized carbons (Fsp3) is 0.389. The number of rotatable bonds is 5. The molecule has 0 spiro atoms. The molecule has 1 aromatic carbocycles. The summed E-state index contributed by atoms with van der Waals surface area (Å²) in [7, 11) is -3.12. The number of nitrogens with zero attached hydrogens (tertiary/aromatic N) is 3. The van der Waals surface area contributed by atoms with Crippen molar-refractivity contribution < 1.29 is 18.3 Å². The number of amides is 2. The molecule has 1 aliphatic rings. The molecule has 2 N–H and O–H groups in total. The summed E-state index contributed by atoms with van der Waals surface area (Å²) < 4.78 is 23.4. The van der Waals surface area contributed by atoms with Crippen LogP contribution in [0.15, 0.2) is 36.5 Å². The van der Waals surface area contributed by atoms with E-state index in [-0.39, 0.29) is 24.7 Å². The number of urea groups is 1. The van der Waals surface area contributed by atoms with E-state index in [1.54, 1.807) is 30.5 Å². The monoisotopic (exact) mass is 390 g/mol. The molecule has 144 valence electrons. The molecule has 0 saturated carbocycles. The van der Waals surface area contributed by atoms with Gasteiger partial charge in [0.2, 0.25) is 0 Å². The number of carbonyl (C=O) groups is 1. The van der Waals surface area contributed by atoms with Crippen molar-refractivity contribution in [3.63, 3.8) is 0 Å². The van der Waals surface area contributed by atoms with Crippen LogP contribution in [-0.4, -0.2) is 65.1 Å². The second kappa shape index (κ2) is 8.01. The zero-order valence-electron chi connectivity index (χ0n) is 15.0. The van der Waals surface area contributed by atoms with Crippen LogP contribution < -0.4 is 5.32 Å². The highest BCUT2D eigenvalue weighted by atomic mass is 32.2. The van der Waals surface area contributed by atoms with Crippen molar-refractivity contribution >= 4 is 21.6 Å². The van der Waals surface area contributed by atoms with Crippen LogP contribution in [0.1, 0.15) is 12.1 Å². The van der Waals surface area contributed by atoms with E-state index in [0.717, 1.165) is 11.3 Å². The number of aryl methyl sites for hydroxylation is 1. The number of sulfone groups is 1. The number of hydrogen-bond donors (Lipinski definition) is 2. The highest BCUT2D eigenvalue weighted by Gasteiger charge is 2.34. The van der Waals surface area contributed by atoms with E-state index in [1.807, 2.05) is 13.0 Å². The first-order valence-electron chi connectivity index (χ1n) is 8.67. The van der Waals surface area contributed by atoms with Crippen LogP contribution in [-0.2, 0) is 9.84 Å². The van der Waals surface area contributed by atoms with Crippen LogP contribution in [0.4, 0.5) is 10.5 Å². The zero-order chi connectivity index (χ0) is 19.4. The molecule has 0 aliphatic carbocycles. The van der Waals surface area contributed by atoms with E-state index in [4.69, 9.17) is 0 Å². The van der Waals surface area contributed by atoms with Gasteiger partial charge in [-0.2, -0.15) is 0 Å². The topological polar surface area (TPSA) is 112 Å². The molecule has 1 atom stereocenters. The van der Waals surface area contributed by atoms with E-state index in [0.29, 0.717) is 17.9 Å². The summed E-state index contributed by atoms with van der Waals surface area (Å²) in [5.41, 5.74) is 2.26. The van der Waals surface area contributed by atoms with Crippen LogP contribution in [0.2, 0.25) is 0 Å². The highest BCUT2D eigenvalue weighted by molar-refractivity contribution is 7.91. The second-order valence-electron chi connectivity index (χ2n) is 6.50. The Labute approximate surface area is 158 Å². The number of benzene rings is 1. The summed E-state index contributed by atoms with van der Waals surface area (Å²) in [4.78, 5) is 22.6. The molecule has 1 fully saturated rings. The molecule has 1 aliphatic heterocycles. The summed E-state index contributed by atoms with van der Waals surface area (Å²) in [5, 5.41) is 12.0. The van der Waals surface area contributed by atoms with E-state index in [2.05, 4.69) is 15.3 Å². The van der Waals surface area contributed by atoms with E-state index in [9.17, 15) is 18.3 Å². The molecular formula is C18H22N4O4S. The first-order chi connectivity index (χ1) is 12.9. The lowest BCUT2D eigenvalue weighted by Crippen LogP contribution is -2.45. The van der Waals surface area contributed by atoms with Crippen LogP contribution in [0.3, 0.4) is 0 Å². The Morgan fingerprint density at radius 3 is 2.63 bits per heavy atom. The lowest BCUT2D eigenvalue weighted by atomic mass is 10.2. The standard InChI is InChI=1S/C18H22N4O4S/c1-13-6-8-19-17(20-13)14-2-4-15(5-3-14)21-18(24)22(9-10-23)16-7-11-27(25,26)12-16/h2-6,8,16,23H,7,9-12H2,1H3,(H,21,24)/t16-/m0/s1. The number of hydrogen-bond acceptors (Lipinski definition) is 6. The predicted molar refractivity (Wildman–Crippen MR) is 102 cm³/mol. The summed E-state index contributed by atoms with van der Waals surface area (Å²) in [6.45, 7) is 1.74. The normalized spacial score (nSPS) is 18.2. The van der Waals surface area contributed by atoms with Crippen molar-refractivity contribution in [1.82, 2.24) is 14.9 Å². The minimum atomic E-state index is -3.12. The van der Waals surface area contributed by atoms with Crippen molar-refractivity contribution in [3.8, 4) is 11.4 Å². The molecule has 0 unspecified atom stereocenters. The number of anilines is 1. The Balaban J connectivity index is 1.70. The van der Waals surface area contributed by atoms with Crippen LogP contribution >= 0.6 is 0 Å². The zero-order valence-corrected chi connectivity index (χ0v) is 15.8. The van der Waals surface area contributed by atoms with Crippen molar-refractivity contribution in [3.05, 3.63) is 42.2 Å². The molecule has 2 amide bonds. The average Bonchev–Trinajstić information content (AvgIpc) is 2.99. The second-order valence-corrected chi connectivity index (χ2v) is 8.73. The van der Waals surface area contributed by atoms with Gasteiger partial charge in [0, 0.05) is 35.7 Å². The Morgan fingerprint density at radius 1 is 1.30 bits per heavy atom. The highest BCUT2D eigenvalue weighted by Crippen LogP contribution is 2.21. The van der Waals surface area contributed by atoms with Gasteiger partial charge in [-0.15, -0.1) is 0 Å². The average molecular weight is 390 g/mol. The number of aliphatic hydroxyl groups is 1. The summed E-state index contributed by atoms with van der Waals surface area (Å²) >= 11 is 0. The van der Waals surface area contributed by atoms with Gasteiger partial charge in [-0.05, 0) is 43.7 Å². The van der Waals surface area contributed by atoms with Crippen molar-refractivity contribution in [2.45, 2.75) is 19.4 Å². The smallest absolute Gasteiger partial charge is 0.322 e. The number of aliphatic hydroxyl groups excluding tert-OH is 1. The Kier molecular flexibility index (Phi) is 5.71. The fourth-order valence-corrected chi connectivity index (χ4v) is 4.80. The molecule has 8 nitrogen and oxygen atoms in total. The fourth-order valence-electron chi connectivity index (χ4n) is 3.06. The molecule has 2 heterocycles. The largest absolute Gasteiger partial charge is 0.395 e. The first-order valence-corrected chi connectivity index (χ1v) is 10.5. The van der Waals surface area contributed by atoms with Crippen LogP contribution in [0.5, 0.6) is 0 Å². The molecule has 1 saturated heterocycles. The van der Waals surface area contributed by atoms with E-state index in [1.165, 1.54) is 4.90 Å². The van der Waals surface area contributed by atoms with Gasteiger partial charge in [0.25, 0.3) is 0 Å². The summed E-state index contributed by atoms with van der Waals surface area (Å²) in [6.07, 6.45) is 2.08. The third kappa shape index (κ3) is 4.81. The molecule has 27 heavy (non-hydrogen) atoms. The molecule has 9 heteroatoms. The first kappa shape index (κ1) is 19.2. The van der Waals surface area contributed by atoms with E-state index >= 15 is 0 Å². The van der Waals surface area contributed by atoms with Crippen molar-refractivity contribution in [2.24, 2.45) is 0 Å². The molecule has 3 rings (SSSR count). The van der Waals surface area contributed by atoms with Gasteiger partial charge in [0.05, 0.1) is 18.1 Å². The third-order valence-corrected chi connectivity index (χ3v) is 6.19. The number of nitrogens with one attached hydrogen (secondary N) is 1. The lowest BCUT2D eigenvalue weighted by Gasteiger charge is -2.27. The van der Waals surface area contributed by atoms with E-state index < -0.39 is 21.9 Å². The predicted octanol–water partition coefficient (Wildman–Crippen LogP) is 1.47. The number of aromatic nitrogens is 2. The Bertz CT molecular complexity index is 915. The lowest BCUT2D eigenvalue weighted by molar-refractivity contribution is 0.169. The van der Waals surface area contributed by atoms with Crippen molar-refractivity contribution in [2.75, 3.05) is 30.0 Å². The molecule has 0 bridgehead atoms. The van der Waals surface area contributed by atoms with Gasteiger partial charge in [-0.1, -0.05) is 0 Å². The Hall–Kier alpha value is -2.52. The van der Waals surface area contributed by atoms with Gasteiger partial charge >= 0.3 is 6.03 Å². The summed E-state index contributed by atoms with van der Waals surface area (Å²) in [5.74, 6) is 0.605. The van der Waals surface area contributed by atoms with Crippen LogP contribution in [0.25, 0.3) is 11.4 Å². The molecule has 0 radical (unpaired) electrons. The molecule has 1 aromatic heterocycles. The maximum Gasteiger partial charge on any atom is 0.322 e. The quantitative estimate of drug-likeness (QED) is 0.799. The number of carbonyl (C=O) groups excluding carboxylic acids is 1.